The molecule has 0 amide bonds. The van der Waals surface area contributed by atoms with Crippen molar-refractivity contribution in [2.75, 3.05) is 7.11 Å². The number of ether oxygens (including phenoxy) is 1. The molecule has 2 atom stereocenters. The van der Waals surface area contributed by atoms with Crippen molar-refractivity contribution in [3.05, 3.63) is 113 Å². The highest BCUT2D eigenvalue weighted by atomic mass is 28.4. The Morgan fingerprint density at radius 3 is 2.03 bits per heavy atom. The highest BCUT2D eigenvalue weighted by Crippen LogP contribution is 2.43. The second-order valence-corrected chi connectivity index (χ2v) is 13.8. The summed E-state index contributed by atoms with van der Waals surface area (Å²) < 4.78 is 12.0. The summed E-state index contributed by atoms with van der Waals surface area (Å²) in [5.41, 5.74) is 3.89. The third kappa shape index (κ3) is 5.50. The van der Waals surface area contributed by atoms with Crippen LogP contribution in [0.15, 0.2) is 96.8 Å². The number of methoxy groups -OCH3 is 1. The van der Waals surface area contributed by atoms with Gasteiger partial charge >= 0.3 is 0 Å². The van der Waals surface area contributed by atoms with Crippen molar-refractivity contribution in [2.45, 2.75) is 44.7 Å². The summed E-state index contributed by atoms with van der Waals surface area (Å²) in [6.45, 7) is 7.63. The van der Waals surface area contributed by atoms with Gasteiger partial charge in [0.1, 0.15) is 5.75 Å². The summed E-state index contributed by atoms with van der Waals surface area (Å²) in [5, 5.41) is 0. The fraction of sp³-hybridized carbons (Fsp3) is 0.286. The predicted molar refractivity (Wildman–Crippen MR) is 134 cm³/mol. The lowest BCUT2D eigenvalue weighted by molar-refractivity contribution is 0.119. The Labute approximate surface area is 193 Å². The number of benzene rings is 3. The Kier molecular flexibility index (Phi) is 6.82. The summed E-state index contributed by atoms with van der Waals surface area (Å²) in [4.78, 5) is 2.60. The van der Waals surface area contributed by atoms with Crippen LogP contribution in [0.1, 0.15) is 35.2 Å². The van der Waals surface area contributed by atoms with Gasteiger partial charge in [0.2, 0.25) is 8.32 Å². The van der Waals surface area contributed by atoms with Crippen molar-refractivity contribution in [3.63, 3.8) is 0 Å². The zero-order chi connectivity index (χ0) is 22.6. The van der Waals surface area contributed by atoms with Gasteiger partial charge in [0.05, 0.1) is 18.9 Å². The predicted octanol–water partition coefficient (Wildman–Crippen LogP) is 7.12. The van der Waals surface area contributed by atoms with Crippen molar-refractivity contribution >= 4 is 8.32 Å². The molecule has 0 saturated carbocycles. The van der Waals surface area contributed by atoms with E-state index in [1.807, 2.05) is 0 Å². The van der Waals surface area contributed by atoms with Crippen LogP contribution in [-0.2, 0) is 11.0 Å². The number of rotatable bonds is 7. The number of hydrogen-bond donors (Lipinski definition) is 0. The average Bonchev–Trinajstić information content (AvgIpc) is 2.80. The van der Waals surface area contributed by atoms with Crippen LogP contribution in [-0.4, -0.2) is 20.3 Å². The van der Waals surface area contributed by atoms with Crippen molar-refractivity contribution in [1.29, 1.82) is 0 Å². The Morgan fingerprint density at radius 1 is 0.812 bits per heavy atom. The van der Waals surface area contributed by atoms with Crippen LogP contribution in [0.2, 0.25) is 19.6 Å². The van der Waals surface area contributed by atoms with Gasteiger partial charge in [0, 0.05) is 19.0 Å². The van der Waals surface area contributed by atoms with Crippen LogP contribution in [0.5, 0.6) is 5.75 Å². The SMILES string of the molecule is COc1ccc([C@H]2CC(O[Si](C)(C)C)=C[C@H](c3ccccc3)N2Cc2ccccc2)cc1. The molecule has 0 unspecified atom stereocenters. The van der Waals surface area contributed by atoms with E-state index in [1.165, 1.54) is 16.7 Å². The summed E-state index contributed by atoms with van der Waals surface area (Å²) in [5.74, 6) is 2.00. The van der Waals surface area contributed by atoms with Gasteiger partial charge < -0.3 is 9.16 Å². The lowest BCUT2D eigenvalue weighted by Gasteiger charge is -2.42. The molecule has 0 N–H and O–H groups in total. The molecule has 4 heteroatoms. The highest BCUT2D eigenvalue weighted by Gasteiger charge is 2.34. The van der Waals surface area contributed by atoms with E-state index < -0.39 is 8.32 Å². The van der Waals surface area contributed by atoms with Gasteiger partial charge in [-0.05, 0) is 54.5 Å². The molecule has 166 valence electrons. The van der Waals surface area contributed by atoms with Gasteiger partial charge in [-0.3, -0.25) is 4.90 Å². The average molecular weight is 444 g/mol. The first kappa shape index (κ1) is 22.4. The van der Waals surface area contributed by atoms with Gasteiger partial charge in [-0.25, -0.2) is 0 Å². The monoisotopic (exact) mass is 443 g/mol. The molecule has 0 fully saturated rings. The molecule has 0 bridgehead atoms. The van der Waals surface area contributed by atoms with E-state index in [0.29, 0.717) is 0 Å². The fourth-order valence-electron chi connectivity index (χ4n) is 4.39. The molecule has 3 aromatic carbocycles. The Bertz CT molecular complexity index is 1030. The van der Waals surface area contributed by atoms with E-state index in [2.05, 4.69) is 116 Å². The molecule has 0 saturated heterocycles. The maximum atomic E-state index is 6.57. The fourth-order valence-corrected chi connectivity index (χ4v) is 5.32. The molecule has 1 aliphatic heterocycles. The summed E-state index contributed by atoms with van der Waals surface area (Å²) in [6, 6.07) is 30.4. The summed E-state index contributed by atoms with van der Waals surface area (Å²) in [7, 11) is -0.00969. The van der Waals surface area contributed by atoms with Gasteiger partial charge in [0.25, 0.3) is 0 Å². The Hall–Kier alpha value is -2.82. The standard InChI is InChI=1S/C28H33NO2Si/c1-30-25-17-15-24(16-18-25)28-20-26(31-32(2,3)4)19-27(23-13-9-6-10-14-23)29(28)21-22-11-7-5-8-12-22/h5-19,27-28H,20-21H2,1-4H3/t27-,28-/m1/s1. The molecule has 0 aliphatic carbocycles. The van der Waals surface area contributed by atoms with E-state index in [0.717, 1.165) is 24.5 Å². The molecule has 0 radical (unpaired) electrons. The van der Waals surface area contributed by atoms with Crippen LogP contribution in [0, 0.1) is 0 Å². The van der Waals surface area contributed by atoms with E-state index in [4.69, 9.17) is 9.16 Å². The number of nitrogens with zero attached hydrogens (tertiary/aromatic N) is 1. The molecule has 0 aromatic heterocycles. The van der Waals surface area contributed by atoms with Crippen molar-refractivity contribution in [1.82, 2.24) is 4.90 Å². The van der Waals surface area contributed by atoms with Crippen LogP contribution < -0.4 is 4.74 Å². The largest absolute Gasteiger partial charge is 0.547 e. The Morgan fingerprint density at radius 2 is 1.44 bits per heavy atom. The summed E-state index contributed by atoms with van der Waals surface area (Å²) in [6.07, 6.45) is 3.21. The minimum absolute atomic E-state index is 0.142. The third-order valence-electron chi connectivity index (χ3n) is 5.78. The number of hydrogen-bond acceptors (Lipinski definition) is 3. The molecule has 3 aromatic rings. The molecule has 4 rings (SSSR count). The molecule has 3 nitrogen and oxygen atoms in total. The van der Waals surface area contributed by atoms with E-state index in [9.17, 15) is 0 Å². The summed E-state index contributed by atoms with van der Waals surface area (Å²) >= 11 is 0. The first-order valence-electron chi connectivity index (χ1n) is 11.3. The van der Waals surface area contributed by atoms with Gasteiger partial charge in [0.15, 0.2) is 0 Å². The van der Waals surface area contributed by atoms with Crippen molar-refractivity contribution in [2.24, 2.45) is 0 Å². The minimum atomic E-state index is -1.72. The lowest BCUT2D eigenvalue weighted by Crippen LogP contribution is -2.37. The normalized spacial score (nSPS) is 19.3. The molecule has 0 spiro atoms. The molecule has 1 aliphatic rings. The van der Waals surface area contributed by atoms with Crippen LogP contribution in [0.4, 0.5) is 0 Å². The molecule has 1 heterocycles. The van der Waals surface area contributed by atoms with E-state index in [1.54, 1.807) is 7.11 Å². The smallest absolute Gasteiger partial charge is 0.241 e. The van der Waals surface area contributed by atoms with Gasteiger partial charge in [-0.1, -0.05) is 72.8 Å². The van der Waals surface area contributed by atoms with E-state index >= 15 is 0 Å². The second-order valence-electron chi connectivity index (χ2n) is 9.35. The zero-order valence-corrected chi connectivity index (χ0v) is 20.5. The zero-order valence-electron chi connectivity index (χ0n) is 19.5. The minimum Gasteiger partial charge on any atom is -0.547 e. The maximum Gasteiger partial charge on any atom is 0.241 e. The third-order valence-corrected chi connectivity index (χ3v) is 6.66. The highest BCUT2D eigenvalue weighted by molar-refractivity contribution is 6.70. The van der Waals surface area contributed by atoms with Crippen LogP contribution in [0.25, 0.3) is 0 Å². The van der Waals surface area contributed by atoms with Crippen molar-refractivity contribution in [3.8, 4) is 5.75 Å². The topological polar surface area (TPSA) is 21.7 Å². The van der Waals surface area contributed by atoms with Gasteiger partial charge in [-0.15, -0.1) is 0 Å². The van der Waals surface area contributed by atoms with Crippen LogP contribution in [0.3, 0.4) is 0 Å². The second kappa shape index (κ2) is 9.76. The quantitative estimate of drug-likeness (QED) is 0.363. The van der Waals surface area contributed by atoms with E-state index in [-0.39, 0.29) is 12.1 Å². The molecular weight excluding hydrogens is 410 g/mol. The Balaban J connectivity index is 1.79. The first-order valence-corrected chi connectivity index (χ1v) is 14.7. The first-order chi connectivity index (χ1) is 15.4. The lowest BCUT2D eigenvalue weighted by atomic mass is 9.90. The van der Waals surface area contributed by atoms with Crippen molar-refractivity contribution < 1.29 is 9.16 Å². The maximum absolute atomic E-state index is 6.57. The van der Waals surface area contributed by atoms with Gasteiger partial charge in [-0.2, -0.15) is 0 Å². The van der Waals surface area contributed by atoms with Crippen LogP contribution >= 0.6 is 0 Å². The molecule has 32 heavy (non-hydrogen) atoms. The molecular formula is C28H33NO2Si.